The molecule has 0 saturated carbocycles. The molecule has 1 aliphatic rings. The van der Waals surface area contributed by atoms with Gasteiger partial charge < -0.3 is 5.11 Å². The van der Waals surface area contributed by atoms with Gasteiger partial charge in [-0.1, -0.05) is 17.7 Å². The number of carbonyl (C=O) groups is 1. The average Bonchev–Trinajstić information content (AvgIpc) is 2.66. The summed E-state index contributed by atoms with van der Waals surface area (Å²) < 4.78 is 0. The number of hydrogen-bond donors (Lipinski definition) is 1. The van der Waals surface area contributed by atoms with Crippen molar-refractivity contribution in [3.8, 4) is 0 Å². The van der Waals surface area contributed by atoms with Crippen LogP contribution in [0.3, 0.4) is 0 Å². The summed E-state index contributed by atoms with van der Waals surface area (Å²) in [5.41, 5.74) is 1.99. The van der Waals surface area contributed by atoms with E-state index in [2.05, 4.69) is 4.99 Å². The fourth-order valence-electron chi connectivity index (χ4n) is 1.51. The standard InChI is InChI=1S/C11H10ClNO2S/c1-6-4-7(12)2-3-8(6)10-13-9(5-16-10)11(14)15/h2-4,9H,5H2,1H3,(H,14,15). The van der Waals surface area contributed by atoms with Gasteiger partial charge >= 0.3 is 5.97 Å². The molecule has 84 valence electrons. The first kappa shape index (κ1) is 11.5. The topological polar surface area (TPSA) is 49.7 Å². The second-order valence-corrected chi connectivity index (χ2v) is 5.00. The minimum atomic E-state index is -0.867. The van der Waals surface area contributed by atoms with E-state index in [0.29, 0.717) is 10.8 Å². The fourth-order valence-corrected chi connectivity index (χ4v) is 2.86. The highest BCUT2D eigenvalue weighted by molar-refractivity contribution is 8.14. The van der Waals surface area contributed by atoms with Crippen molar-refractivity contribution in [1.82, 2.24) is 0 Å². The Kier molecular flexibility index (Phi) is 3.21. The second kappa shape index (κ2) is 4.47. The SMILES string of the molecule is Cc1cc(Cl)ccc1C1=NC(C(=O)O)CS1. The summed E-state index contributed by atoms with van der Waals surface area (Å²) in [6.45, 7) is 1.94. The predicted octanol–water partition coefficient (Wildman–Crippen LogP) is 2.60. The van der Waals surface area contributed by atoms with Crippen molar-refractivity contribution < 1.29 is 9.90 Å². The number of aliphatic carboxylic acids is 1. The zero-order valence-electron chi connectivity index (χ0n) is 8.61. The summed E-state index contributed by atoms with van der Waals surface area (Å²) in [4.78, 5) is 15.0. The van der Waals surface area contributed by atoms with Crippen molar-refractivity contribution >= 4 is 34.4 Å². The van der Waals surface area contributed by atoms with Gasteiger partial charge in [-0.25, -0.2) is 4.79 Å². The van der Waals surface area contributed by atoms with Crippen molar-refractivity contribution in [2.75, 3.05) is 5.75 Å². The average molecular weight is 256 g/mol. The zero-order chi connectivity index (χ0) is 11.7. The molecule has 0 saturated heterocycles. The van der Waals surface area contributed by atoms with E-state index in [1.54, 1.807) is 6.07 Å². The Bertz CT molecular complexity index is 473. The van der Waals surface area contributed by atoms with Crippen LogP contribution in [0, 0.1) is 6.92 Å². The number of aryl methyl sites for hydroxylation is 1. The Labute approximate surface area is 103 Å². The molecule has 0 aliphatic carbocycles. The molecule has 1 aromatic carbocycles. The molecule has 1 unspecified atom stereocenters. The minimum Gasteiger partial charge on any atom is -0.480 e. The lowest BCUT2D eigenvalue weighted by atomic mass is 10.1. The summed E-state index contributed by atoms with van der Waals surface area (Å²) in [5, 5.41) is 10.3. The van der Waals surface area contributed by atoms with Gasteiger partial charge in [0.1, 0.15) is 0 Å². The Balaban J connectivity index is 2.32. The maximum absolute atomic E-state index is 10.8. The quantitative estimate of drug-likeness (QED) is 0.884. The molecule has 0 spiro atoms. The zero-order valence-corrected chi connectivity index (χ0v) is 10.2. The molecule has 1 N–H and O–H groups in total. The van der Waals surface area contributed by atoms with Gasteiger partial charge in [-0.15, -0.1) is 11.8 Å². The number of benzene rings is 1. The third kappa shape index (κ3) is 2.23. The number of halogens is 1. The second-order valence-electron chi connectivity index (χ2n) is 3.56. The van der Waals surface area contributed by atoms with Gasteiger partial charge in [-0.2, -0.15) is 0 Å². The van der Waals surface area contributed by atoms with E-state index in [-0.39, 0.29) is 0 Å². The summed E-state index contributed by atoms with van der Waals surface area (Å²) in [6.07, 6.45) is 0. The molecule has 0 aromatic heterocycles. The molecule has 1 aromatic rings. The van der Waals surface area contributed by atoms with Gasteiger partial charge in [0, 0.05) is 16.3 Å². The highest BCUT2D eigenvalue weighted by Gasteiger charge is 2.25. The number of nitrogens with zero attached hydrogens (tertiary/aromatic N) is 1. The van der Waals surface area contributed by atoms with Crippen LogP contribution in [0.15, 0.2) is 23.2 Å². The maximum atomic E-state index is 10.8. The van der Waals surface area contributed by atoms with Crippen molar-refractivity contribution in [3.05, 3.63) is 34.3 Å². The molecular weight excluding hydrogens is 246 g/mol. The van der Waals surface area contributed by atoms with Gasteiger partial charge in [0.2, 0.25) is 0 Å². The molecule has 5 heteroatoms. The van der Waals surface area contributed by atoms with Gasteiger partial charge in [0.05, 0.1) is 5.04 Å². The van der Waals surface area contributed by atoms with Crippen LogP contribution in [0.25, 0.3) is 0 Å². The molecule has 3 nitrogen and oxygen atoms in total. The fraction of sp³-hybridized carbons (Fsp3) is 0.273. The first-order valence-corrected chi connectivity index (χ1v) is 6.14. The molecule has 0 fully saturated rings. The number of hydrogen-bond acceptors (Lipinski definition) is 3. The Morgan fingerprint density at radius 2 is 2.38 bits per heavy atom. The first-order chi connectivity index (χ1) is 7.58. The summed E-state index contributed by atoms with van der Waals surface area (Å²) >= 11 is 7.34. The van der Waals surface area contributed by atoms with Crippen LogP contribution in [0.5, 0.6) is 0 Å². The number of carboxylic acids is 1. The van der Waals surface area contributed by atoms with Crippen LogP contribution in [-0.2, 0) is 4.79 Å². The molecule has 16 heavy (non-hydrogen) atoms. The van der Waals surface area contributed by atoms with Gasteiger partial charge in [0.25, 0.3) is 0 Å². The highest BCUT2D eigenvalue weighted by atomic mass is 35.5. The normalized spacial score (nSPS) is 19.6. The molecule has 1 heterocycles. The molecule has 1 aliphatic heterocycles. The van der Waals surface area contributed by atoms with E-state index in [9.17, 15) is 4.79 Å². The van der Waals surface area contributed by atoms with Crippen molar-refractivity contribution in [1.29, 1.82) is 0 Å². The molecule has 0 bridgehead atoms. The smallest absolute Gasteiger partial charge is 0.329 e. The van der Waals surface area contributed by atoms with Crippen LogP contribution in [-0.4, -0.2) is 27.9 Å². The van der Waals surface area contributed by atoms with E-state index in [4.69, 9.17) is 16.7 Å². The van der Waals surface area contributed by atoms with Crippen LogP contribution >= 0.6 is 23.4 Å². The largest absolute Gasteiger partial charge is 0.480 e. The molecule has 0 amide bonds. The maximum Gasteiger partial charge on any atom is 0.329 e. The van der Waals surface area contributed by atoms with Gasteiger partial charge in [-0.3, -0.25) is 4.99 Å². The lowest BCUT2D eigenvalue weighted by Crippen LogP contribution is -2.17. The molecule has 0 radical (unpaired) electrons. The number of carboxylic acid groups (broad SMARTS) is 1. The van der Waals surface area contributed by atoms with Crippen molar-refractivity contribution in [2.45, 2.75) is 13.0 Å². The third-order valence-electron chi connectivity index (χ3n) is 2.35. The van der Waals surface area contributed by atoms with Crippen molar-refractivity contribution in [2.24, 2.45) is 4.99 Å². The van der Waals surface area contributed by atoms with Crippen LogP contribution in [0.4, 0.5) is 0 Å². The summed E-state index contributed by atoms with van der Waals surface area (Å²) in [6, 6.07) is 4.91. The van der Waals surface area contributed by atoms with Crippen LogP contribution in [0.1, 0.15) is 11.1 Å². The number of rotatable bonds is 2. The monoisotopic (exact) mass is 255 g/mol. The van der Waals surface area contributed by atoms with E-state index >= 15 is 0 Å². The van der Waals surface area contributed by atoms with E-state index in [1.807, 2.05) is 19.1 Å². The van der Waals surface area contributed by atoms with Crippen LogP contribution in [0.2, 0.25) is 5.02 Å². The third-order valence-corrected chi connectivity index (χ3v) is 3.67. The number of thioether (sulfide) groups is 1. The summed E-state index contributed by atoms with van der Waals surface area (Å²) in [7, 11) is 0. The lowest BCUT2D eigenvalue weighted by molar-refractivity contribution is -0.137. The molecule has 2 rings (SSSR count). The molecular formula is C11H10ClNO2S. The van der Waals surface area contributed by atoms with Gasteiger partial charge in [0.15, 0.2) is 6.04 Å². The van der Waals surface area contributed by atoms with E-state index in [1.165, 1.54) is 11.8 Å². The number of aliphatic imine (C=N–C) groups is 1. The minimum absolute atomic E-state index is 0.507. The van der Waals surface area contributed by atoms with Crippen molar-refractivity contribution in [3.63, 3.8) is 0 Å². The molecule has 1 atom stereocenters. The Morgan fingerprint density at radius 1 is 1.62 bits per heavy atom. The lowest BCUT2D eigenvalue weighted by Gasteiger charge is -2.04. The van der Waals surface area contributed by atoms with E-state index < -0.39 is 12.0 Å². The van der Waals surface area contributed by atoms with E-state index in [0.717, 1.165) is 16.2 Å². The van der Waals surface area contributed by atoms with Gasteiger partial charge in [-0.05, 0) is 24.6 Å². The first-order valence-electron chi connectivity index (χ1n) is 4.78. The Morgan fingerprint density at radius 3 is 2.94 bits per heavy atom. The van der Waals surface area contributed by atoms with Crippen LogP contribution < -0.4 is 0 Å². The Hall–Kier alpha value is -1.00. The predicted molar refractivity (Wildman–Crippen MR) is 66.6 cm³/mol. The highest BCUT2D eigenvalue weighted by Crippen LogP contribution is 2.26. The summed E-state index contributed by atoms with van der Waals surface area (Å²) in [5.74, 6) is -0.360.